The summed E-state index contributed by atoms with van der Waals surface area (Å²) < 4.78 is 0. The van der Waals surface area contributed by atoms with Gasteiger partial charge in [0.05, 0.1) is 0 Å². The molecule has 0 aromatic carbocycles. The van der Waals surface area contributed by atoms with Crippen molar-refractivity contribution in [1.29, 1.82) is 0 Å². The van der Waals surface area contributed by atoms with Gasteiger partial charge < -0.3 is 19.8 Å². The van der Waals surface area contributed by atoms with Crippen molar-refractivity contribution in [1.82, 2.24) is 14.7 Å². The molecule has 0 aliphatic carbocycles. The Balaban J connectivity index is 4.47. The Kier molecular flexibility index (Phi) is 47.0. The van der Waals surface area contributed by atoms with Gasteiger partial charge in [0.2, 0.25) is 11.8 Å². The summed E-state index contributed by atoms with van der Waals surface area (Å²) in [7, 11) is 0. The summed E-state index contributed by atoms with van der Waals surface area (Å²) in [5.74, 6) is 0.817. The van der Waals surface area contributed by atoms with Crippen molar-refractivity contribution in [3.63, 3.8) is 0 Å². The smallest absolute Gasteiger partial charge is 0.222 e. The maximum Gasteiger partial charge on any atom is 0.222 e. The van der Waals surface area contributed by atoms with E-state index in [1.807, 2.05) is 0 Å². The van der Waals surface area contributed by atoms with E-state index in [0.717, 1.165) is 77.5 Å². The fourth-order valence-electron chi connectivity index (χ4n) is 8.61. The minimum atomic E-state index is 0.314. The summed E-state index contributed by atoms with van der Waals surface area (Å²) in [4.78, 5) is 33.4. The summed E-state index contributed by atoms with van der Waals surface area (Å²) in [6, 6.07) is 0. The van der Waals surface area contributed by atoms with Crippen molar-refractivity contribution in [2.24, 2.45) is 0 Å². The number of unbranched alkanes of at least 4 members (excludes halogenated alkanes) is 30. The monoisotopic (exact) mass is 834 g/mol. The highest BCUT2D eigenvalue weighted by molar-refractivity contribution is 5.76. The molecule has 0 bridgehead atoms. The Hall–Kier alpha value is -1.14. The molecule has 0 saturated heterocycles. The third kappa shape index (κ3) is 40.7. The van der Waals surface area contributed by atoms with Crippen LogP contribution in [0.5, 0.6) is 0 Å². The van der Waals surface area contributed by atoms with Gasteiger partial charge in [-0.2, -0.15) is 0 Å². The largest absolute Gasteiger partial charge is 0.396 e. The number of carbonyl (C=O) groups is 2. The molecule has 0 aromatic heterocycles. The van der Waals surface area contributed by atoms with E-state index in [4.69, 9.17) is 0 Å². The maximum absolute atomic E-state index is 13.1. The topological polar surface area (TPSA) is 64.1 Å². The van der Waals surface area contributed by atoms with Gasteiger partial charge in [-0.1, -0.05) is 195 Å². The number of nitrogens with zero attached hydrogens (tertiary/aromatic N) is 3. The predicted octanol–water partition coefficient (Wildman–Crippen LogP) is 15.2. The first-order valence-corrected chi connectivity index (χ1v) is 26.9. The zero-order chi connectivity index (χ0) is 43.1. The molecule has 0 radical (unpaired) electrons. The van der Waals surface area contributed by atoms with Crippen molar-refractivity contribution in [2.45, 2.75) is 278 Å². The number of hydrogen-bond donors (Lipinski definition) is 1. The van der Waals surface area contributed by atoms with Gasteiger partial charge in [0, 0.05) is 45.6 Å². The number of amides is 2. The molecule has 0 atom stereocenters. The molecule has 6 heteroatoms. The van der Waals surface area contributed by atoms with Crippen LogP contribution in [0.4, 0.5) is 0 Å². The van der Waals surface area contributed by atoms with Gasteiger partial charge >= 0.3 is 0 Å². The zero-order valence-electron chi connectivity index (χ0n) is 40.8. The van der Waals surface area contributed by atoms with Gasteiger partial charge in [-0.3, -0.25) is 9.59 Å². The molecule has 2 amide bonds. The first-order chi connectivity index (χ1) is 29.0. The van der Waals surface area contributed by atoms with E-state index in [1.54, 1.807) is 0 Å². The number of rotatable bonds is 49. The Bertz CT molecular complexity index is 792. The molecule has 0 rings (SSSR count). The minimum absolute atomic E-state index is 0.314. The van der Waals surface area contributed by atoms with Crippen LogP contribution in [0.1, 0.15) is 278 Å². The molecule has 1 N–H and O–H groups in total. The molecular weight excluding hydrogens is 727 g/mol. The highest BCUT2D eigenvalue weighted by Crippen LogP contribution is 2.16. The first-order valence-electron chi connectivity index (χ1n) is 26.9. The lowest BCUT2D eigenvalue weighted by molar-refractivity contribution is -0.132. The van der Waals surface area contributed by atoms with E-state index < -0.39 is 0 Å². The summed E-state index contributed by atoms with van der Waals surface area (Å²) in [6.07, 6.45) is 47.5. The SMILES string of the molecule is CCCCCCCCN(CCCCCCCCN(CCCCCO)CCCCCCCCN(CCCCCCCC)C(=O)CCCCCCC)C(=O)CCCCCCC. The van der Waals surface area contributed by atoms with Gasteiger partial charge in [-0.25, -0.2) is 0 Å². The fraction of sp³-hybridized carbons (Fsp3) is 0.962. The molecule has 0 aliphatic rings. The second-order valence-corrected chi connectivity index (χ2v) is 18.5. The van der Waals surface area contributed by atoms with E-state index in [0.29, 0.717) is 18.4 Å². The van der Waals surface area contributed by atoms with E-state index in [2.05, 4.69) is 42.4 Å². The number of hydrogen-bond acceptors (Lipinski definition) is 4. The van der Waals surface area contributed by atoms with Crippen molar-refractivity contribution in [2.75, 3.05) is 52.4 Å². The molecule has 352 valence electrons. The lowest BCUT2D eigenvalue weighted by atomic mass is 10.1. The molecule has 0 fully saturated rings. The summed E-state index contributed by atoms with van der Waals surface area (Å²) >= 11 is 0. The summed E-state index contributed by atoms with van der Waals surface area (Å²) in [5, 5.41) is 9.29. The average Bonchev–Trinajstić information content (AvgIpc) is 3.24. The Morgan fingerprint density at radius 3 is 0.780 bits per heavy atom. The molecule has 0 aromatic rings. The Labute approximate surface area is 370 Å². The van der Waals surface area contributed by atoms with Crippen LogP contribution in [0.15, 0.2) is 0 Å². The van der Waals surface area contributed by atoms with Gasteiger partial charge in [0.25, 0.3) is 0 Å². The van der Waals surface area contributed by atoms with E-state index in [9.17, 15) is 14.7 Å². The van der Waals surface area contributed by atoms with Crippen LogP contribution in [0.2, 0.25) is 0 Å². The number of aliphatic hydroxyl groups is 1. The van der Waals surface area contributed by atoms with Gasteiger partial charge in [-0.05, 0) is 90.3 Å². The molecule has 0 unspecified atom stereocenters. The molecule has 0 spiro atoms. The molecule has 0 heterocycles. The molecule has 0 aliphatic heterocycles. The van der Waals surface area contributed by atoms with E-state index in [1.165, 1.54) is 219 Å². The van der Waals surface area contributed by atoms with Crippen molar-refractivity contribution < 1.29 is 14.7 Å². The standard InChI is InChI=1S/C53H107N3O3/c1-5-9-13-17-27-37-47-55(52(58)42-32-23-15-11-7-3)49-39-29-21-19-25-34-44-54(46-36-31-41-51-57)45-35-26-20-22-30-40-50-56(48-38-28-18-14-10-6-2)53(59)43-33-24-16-12-8-4/h57H,5-51H2,1-4H3. The van der Waals surface area contributed by atoms with Crippen molar-refractivity contribution >= 4 is 11.8 Å². The zero-order valence-corrected chi connectivity index (χ0v) is 40.8. The van der Waals surface area contributed by atoms with E-state index >= 15 is 0 Å². The third-order valence-electron chi connectivity index (χ3n) is 12.7. The van der Waals surface area contributed by atoms with Crippen LogP contribution in [-0.2, 0) is 9.59 Å². The molecule has 6 nitrogen and oxygen atoms in total. The fourth-order valence-corrected chi connectivity index (χ4v) is 8.61. The lowest BCUT2D eigenvalue weighted by Gasteiger charge is -2.23. The molecule has 59 heavy (non-hydrogen) atoms. The van der Waals surface area contributed by atoms with E-state index in [-0.39, 0.29) is 0 Å². The van der Waals surface area contributed by atoms with Gasteiger partial charge in [0.1, 0.15) is 0 Å². The third-order valence-corrected chi connectivity index (χ3v) is 12.7. The highest BCUT2D eigenvalue weighted by Gasteiger charge is 2.14. The maximum atomic E-state index is 13.1. The normalized spacial score (nSPS) is 11.6. The van der Waals surface area contributed by atoms with Crippen molar-refractivity contribution in [3.05, 3.63) is 0 Å². The number of carbonyl (C=O) groups excluding carboxylic acids is 2. The van der Waals surface area contributed by atoms with Crippen LogP contribution in [0, 0.1) is 0 Å². The summed E-state index contributed by atoms with van der Waals surface area (Å²) in [5.41, 5.74) is 0. The van der Waals surface area contributed by atoms with Gasteiger partial charge in [-0.15, -0.1) is 0 Å². The second-order valence-electron chi connectivity index (χ2n) is 18.5. The van der Waals surface area contributed by atoms with Crippen LogP contribution < -0.4 is 0 Å². The van der Waals surface area contributed by atoms with Crippen LogP contribution in [0.25, 0.3) is 0 Å². The average molecular weight is 834 g/mol. The Morgan fingerprint density at radius 1 is 0.288 bits per heavy atom. The van der Waals surface area contributed by atoms with Crippen molar-refractivity contribution in [3.8, 4) is 0 Å². The highest BCUT2D eigenvalue weighted by atomic mass is 16.3. The minimum Gasteiger partial charge on any atom is -0.396 e. The lowest BCUT2D eigenvalue weighted by Crippen LogP contribution is -2.32. The van der Waals surface area contributed by atoms with Gasteiger partial charge in [0.15, 0.2) is 0 Å². The quantitative estimate of drug-likeness (QED) is 0.0620. The predicted molar refractivity (Wildman–Crippen MR) is 259 cm³/mol. The van der Waals surface area contributed by atoms with Crippen LogP contribution in [0.3, 0.4) is 0 Å². The van der Waals surface area contributed by atoms with Crippen LogP contribution in [-0.4, -0.2) is 84.0 Å². The first kappa shape index (κ1) is 57.9. The van der Waals surface area contributed by atoms with Crippen LogP contribution >= 0.6 is 0 Å². The second kappa shape index (κ2) is 47.9. The molecular formula is C53H107N3O3. The molecule has 0 saturated carbocycles. The number of aliphatic hydroxyl groups excluding tert-OH is 1. The Morgan fingerprint density at radius 2 is 0.508 bits per heavy atom. The summed E-state index contributed by atoms with van der Waals surface area (Å²) in [6.45, 7) is 16.8.